The largest absolute Gasteiger partial charge is 0.394 e. The highest BCUT2D eigenvalue weighted by Crippen LogP contribution is 2.36. The first-order valence-electron chi connectivity index (χ1n) is 7.95. The van der Waals surface area contributed by atoms with E-state index in [2.05, 4.69) is 37.9 Å². The number of likely N-dealkylation sites (N-methyl/N-ethyl adjacent to an activating group) is 1. The molecule has 2 rings (SSSR count). The van der Waals surface area contributed by atoms with Crippen LogP contribution >= 0.6 is 0 Å². The summed E-state index contributed by atoms with van der Waals surface area (Å²) in [4.78, 5) is 2.59. The first-order chi connectivity index (χ1) is 9.21. The van der Waals surface area contributed by atoms with Crippen molar-refractivity contribution in [2.75, 3.05) is 26.7 Å². The van der Waals surface area contributed by atoms with E-state index < -0.39 is 0 Å². The summed E-state index contributed by atoms with van der Waals surface area (Å²) in [5.74, 6) is 0. The van der Waals surface area contributed by atoms with Gasteiger partial charge in [-0.1, -0.05) is 0 Å². The van der Waals surface area contributed by atoms with Crippen LogP contribution in [-0.2, 0) is 4.74 Å². The van der Waals surface area contributed by atoms with Crippen molar-refractivity contribution in [3.8, 4) is 0 Å². The van der Waals surface area contributed by atoms with E-state index in [-0.39, 0.29) is 23.3 Å². The Hall–Kier alpha value is -0.160. The van der Waals surface area contributed by atoms with Gasteiger partial charge in [-0.25, -0.2) is 0 Å². The SMILES string of the molecule is CNC1(CO)CCCC(N2CC(C)(C)OC(C)(C)C2)C1. The molecule has 0 aromatic heterocycles. The van der Waals surface area contributed by atoms with Gasteiger partial charge in [0.05, 0.1) is 17.8 Å². The third kappa shape index (κ3) is 3.53. The average Bonchev–Trinajstić information content (AvgIpc) is 2.35. The number of nitrogens with zero attached hydrogens (tertiary/aromatic N) is 1. The van der Waals surface area contributed by atoms with Crippen LogP contribution in [0.2, 0.25) is 0 Å². The van der Waals surface area contributed by atoms with Gasteiger partial charge in [0.15, 0.2) is 0 Å². The lowest BCUT2D eigenvalue weighted by molar-refractivity contribution is -0.191. The van der Waals surface area contributed by atoms with E-state index in [0.29, 0.717) is 6.04 Å². The lowest BCUT2D eigenvalue weighted by Gasteiger charge is -2.52. The minimum Gasteiger partial charge on any atom is -0.394 e. The van der Waals surface area contributed by atoms with Crippen LogP contribution < -0.4 is 5.32 Å². The van der Waals surface area contributed by atoms with E-state index in [1.807, 2.05) is 7.05 Å². The molecule has 1 saturated heterocycles. The first-order valence-corrected chi connectivity index (χ1v) is 7.95. The van der Waals surface area contributed by atoms with E-state index in [4.69, 9.17) is 4.74 Å². The van der Waals surface area contributed by atoms with Crippen LogP contribution in [0.1, 0.15) is 53.4 Å². The zero-order valence-corrected chi connectivity index (χ0v) is 13.8. The van der Waals surface area contributed by atoms with Crippen molar-refractivity contribution in [2.45, 2.75) is 76.2 Å². The normalized spacial score (nSPS) is 37.8. The third-order valence-electron chi connectivity index (χ3n) is 4.89. The molecular weight excluding hydrogens is 252 g/mol. The van der Waals surface area contributed by atoms with Crippen molar-refractivity contribution in [3.63, 3.8) is 0 Å². The molecular formula is C16H32N2O2. The number of nitrogens with one attached hydrogen (secondary N) is 1. The zero-order chi connectivity index (χ0) is 15.0. The highest BCUT2D eigenvalue weighted by Gasteiger charge is 2.43. The number of aliphatic hydroxyl groups excluding tert-OH is 1. The molecule has 2 unspecified atom stereocenters. The zero-order valence-electron chi connectivity index (χ0n) is 13.8. The van der Waals surface area contributed by atoms with Gasteiger partial charge in [0, 0.05) is 24.7 Å². The van der Waals surface area contributed by atoms with Gasteiger partial charge in [0.1, 0.15) is 0 Å². The summed E-state index contributed by atoms with van der Waals surface area (Å²) in [6.45, 7) is 10.9. The topological polar surface area (TPSA) is 44.7 Å². The number of hydrogen-bond acceptors (Lipinski definition) is 4. The molecule has 20 heavy (non-hydrogen) atoms. The van der Waals surface area contributed by atoms with Crippen LogP contribution in [0.4, 0.5) is 0 Å². The Labute approximate surface area is 123 Å². The van der Waals surface area contributed by atoms with Crippen LogP contribution in [0.3, 0.4) is 0 Å². The van der Waals surface area contributed by atoms with Crippen molar-refractivity contribution in [1.82, 2.24) is 10.2 Å². The Morgan fingerprint density at radius 2 is 1.80 bits per heavy atom. The summed E-state index contributed by atoms with van der Waals surface area (Å²) < 4.78 is 6.18. The van der Waals surface area contributed by atoms with Gasteiger partial charge in [0.25, 0.3) is 0 Å². The molecule has 2 aliphatic rings. The molecule has 1 heterocycles. The van der Waals surface area contributed by atoms with Gasteiger partial charge in [-0.2, -0.15) is 0 Å². The summed E-state index contributed by atoms with van der Waals surface area (Å²) in [6.07, 6.45) is 4.53. The van der Waals surface area contributed by atoms with Crippen molar-refractivity contribution < 1.29 is 9.84 Å². The van der Waals surface area contributed by atoms with E-state index in [1.165, 1.54) is 12.8 Å². The predicted octanol–water partition coefficient (Wildman–Crippen LogP) is 1.77. The molecule has 1 aliphatic carbocycles. The molecule has 0 aromatic rings. The van der Waals surface area contributed by atoms with E-state index in [9.17, 15) is 5.11 Å². The maximum atomic E-state index is 9.76. The summed E-state index contributed by atoms with van der Waals surface area (Å²) in [5, 5.41) is 13.1. The minimum atomic E-state index is -0.0965. The monoisotopic (exact) mass is 284 g/mol. The second-order valence-electron chi connectivity index (χ2n) is 7.97. The molecule has 1 saturated carbocycles. The summed E-state index contributed by atoms with van der Waals surface area (Å²) in [6, 6.07) is 0.547. The maximum absolute atomic E-state index is 9.76. The second-order valence-corrected chi connectivity index (χ2v) is 7.97. The summed E-state index contributed by atoms with van der Waals surface area (Å²) >= 11 is 0. The fourth-order valence-electron chi connectivity index (χ4n) is 4.20. The molecule has 0 spiro atoms. The molecule has 2 fully saturated rings. The highest BCUT2D eigenvalue weighted by atomic mass is 16.5. The molecule has 0 bridgehead atoms. The quantitative estimate of drug-likeness (QED) is 0.829. The Bertz CT molecular complexity index is 321. The fourth-order valence-corrected chi connectivity index (χ4v) is 4.20. The number of rotatable bonds is 3. The van der Waals surface area contributed by atoms with Crippen LogP contribution in [0.5, 0.6) is 0 Å². The molecule has 4 heteroatoms. The van der Waals surface area contributed by atoms with Gasteiger partial charge in [-0.15, -0.1) is 0 Å². The van der Waals surface area contributed by atoms with Crippen molar-refractivity contribution in [3.05, 3.63) is 0 Å². The molecule has 0 aromatic carbocycles. The molecule has 0 amide bonds. The van der Waals surface area contributed by atoms with Gasteiger partial charge in [0.2, 0.25) is 0 Å². The predicted molar refractivity (Wildman–Crippen MR) is 81.9 cm³/mol. The van der Waals surface area contributed by atoms with Crippen molar-refractivity contribution >= 4 is 0 Å². The molecule has 4 nitrogen and oxygen atoms in total. The van der Waals surface area contributed by atoms with Gasteiger partial charge < -0.3 is 15.2 Å². The smallest absolute Gasteiger partial charge is 0.0760 e. The number of ether oxygens (including phenoxy) is 1. The van der Waals surface area contributed by atoms with E-state index in [0.717, 1.165) is 25.9 Å². The highest BCUT2D eigenvalue weighted by molar-refractivity contribution is 4.99. The fraction of sp³-hybridized carbons (Fsp3) is 1.00. The van der Waals surface area contributed by atoms with Crippen molar-refractivity contribution in [1.29, 1.82) is 0 Å². The Kier molecular flexibility index (Phi) is 4.51. The van der Waals surface area contributed by atoms with Crippen LogP contribution in [0.25, 0.3) is 0 Å². The van der Waals surface area contributed by atoms with Gasteiger partial charge in [-0.3, -0.25) is 4.90 Å². The molecule has 1 aliphatic heterocycles. The minimum absolute atomic E-state index is 0.0878. The average molecular weight is 284 g/mol. The molecule has 2 atom stereocenters. The first kappa shape index (κ1) is 16.2. The Morgan fingerprint density at radius 3 is 2.30 bits per heavy atom. The van der Waals surface area contributed by atoms with Crippen molar-refractivity contribution in [2.24, 2.45) is 0 Å². The van der Waals surface area contributed by atoms with Gasteiger partial charge >= 0.3 is 0 Å². The number of aliphatic hydroxyl groups is 1. The number of morpholine rings is 1. The van der Waals surface area contributed by atoms with E-state index >= 15 is 0 Å². The Balaban J connectivity index is 2.10. The van der Waals surface area contributed by atoms with Crippen LogP contribution in [0.15, 0.2) is 0 Å². The summed E-state index contributed by atoms with van der Waals surface area (Å²) in [5.41, 5.74) is -0.281. The lowest BCUT2D eigenvalue weighted by atomic mass is 9.78. The second kappa shape index (κ2) is 5.56. The Morgan fingerprint density at radius 1 is 1.20 bits per heavy atom. The third-order valence-corrected chi connectivity index (χ3v) is 4.89. The van der Waals surface area contributed by atoms with Gasteiger partial charge in [-0.05, 0) is 60.4 Å². The van der Waals surface area contributed by atoms with E-state index in [1.54, 1.807) is 0 Å². The standard InChI is InChI=1S/C16H32N2O2/c1-14(2)10-18(11-15(3,4)20-14)13-7-6-8-16(9-13,12-19)17-5/h13,17,19H,6-12H2,1-5H3. The van der Waals surface area contributed by atoms with Crippen LogP contribution in [0, 0.1) is 0 Å². The summed E-state index contributed by atoms with van der Waals surface area (Å²) in [7, 11) is 1.98. The lowest BCUT2D eigenvalue weighted by Crippen LogP contribution is -2.62. The molecule has 0 radical (unpaired) electrons. The van der Waals surface area contributed by atoms with Crippen LogP contribution in [-0.4, -0.2) is 59.5 Å². The molecule has 118 valence electrons. The molecule has 2 N–H and O–H groups in total. The maximum Gasteiger partial charge on any atom is 0.0760 e. The number of hydrogen-bond donors (Lipinski definition) is 2.